The number of nitrogens with zero attached hydrogens (tertiary/aromatic N) is 2. The molecule has 0 atom stereocenters. The van der Waals surface area contributed by atoms with Crippen molar-refractivity contribution in [1.29, 1.82) is 0 Å². The van der Waals surface area contributed by atoms with E-state index in [4.69, 9.17) is 0 Å². The maximum atomic E-state index is 12.6. The lowest BCUT2D eigenvalue weighted by Gasteiger charge is -2.10. The number of halogens is 4. The van der Waals surface area contributed by atoms with Gasteiger partial charge in [0.25, 0.3) is 0 Å². The second-order valence-electron chi connectivity index (χ2n) is 4.77. The smallest absolute Gasteiger partial charge is 0.324 e. The van der Waals surface area contributed by atoms with E-state index >= 15 is 0 Å². The van der Waals surface area contributed by atoms with Crippen molar-refractivity contribution < 1.29 is 18.0 Å². The number of carbonyl (C=O) groups excluding carboxylic acids is 1. The molecule has 1 aromatic carbocycles. The van der Waals surface area contributed by atoms with Crippen molar-refractivity contribution >= 4 is 34.2 Å². The second kappa shape index (κ2) is 6.27. The zero-order chi connectivity index (χ0) is 16.5. The standard InChI is InChI=1S/C14H13F3IN3O/c1-8-13(18)9(2)21(20-8)7-12(22)19-11-5-3-4-10(6-11)14(15,16)17/h3-6H,7H2,1-2H3,(H,19,22). The minimum Gasteiger partial charge on any atom is -0.324 e. The Labute approximate surface area is 138 Å². The highest BCUT2D eigenvalue weighted by Gasteiger charge is 2.30. The Morgan fingerprint density at radius 1 is 1.36 bits per heavy atom. The molecule has 0 aliphatic carbocycles. The lowest BCUT2D eigenvalue weighted by atomic mass is 10.2. The number of aryl methyl sites for hydroxylation is 1. The predicted molar refractivity (Wildman–Crippen MR) is 84.5 cm³/mol. The molecule has 0 radical (unpaired) electrons. The summed E-state index contributed by atoms with van der Waals surface area (Å²) in [4.78, 5) is 12.0. The normalized spacial score (nSPS) is 11.5. The van der Waals surface area contributed by atoms with Crippen LogP contribution in [0.15, 0.2) is 24.3 Å². The molecule has 0 aliphatic heterocycles. The number of anilines is 1. The Hall–Kier alpha value is -1.58. The van der Waals surface area contributed by atoms with E-state index in [2.05, 4.69) is 33.0 Å². The summed E-state index contributed by atoms with van der Waals surface area (Å²) in [5.74, 6) is -0.429. The number of rotatable bonds is 3. The number of carbonyl (C=O) groups is 1. The van der Waals surface area contributed by atoms with E-state index in [1.54, 1.807) is 0 Å². The Balaban J connectivity index is 2.11. The lowest BCUT2D eigenvalue weighted by molar-refractivity contribution is -0.137. The fourth-order valence-electron chi connectivity index (χ4n) is 1.94. The summed E-state index contributed by atoms with van der Waals surface area (Å²) in [5, 5.41) is 6.67. The van der Waals surface area contributed by atoms with Gasteiger partial charge >= 0.3 is 6.18 Å². The SMILES string of the molecule is Cc1nn(CC(=O)Nc2cccc(C(F)(F)F)c2)c(C)c1I. The molecule has 4 nitrogen and oxygen atoms in total. The van der Waals surface area contributed by atoms with Crippen LogP contribution in [0, 0.1) is 17.4 Å². The molecule has 0 spiro atoms. The first kappa shape index (κ1) is 16.8. The van der Waals surface area contributed by atoms with Crippen molar-refractivity contribution in [2.45, 2.75) is 26.6 Å². The summed E-state index contributed by atoms with van der Waals surface area (Å²) >= 11 is 2.13. The van der Waals surface area contributed by atoms with Crippen molar-refractivity contribution in [2.75, 3.05) is 5.32 Å². The van der Waals surface area contributed by atoms with Crippen molar-refractivity contribution in [3.63, 3.8) is 0 Å². The van der Waals surface area contributed by atoms with Gasteiger partial charge in [0.1, 0.15) is 6.54 Å². The largest absolute Gasteiger partial charge is 0.416 e. The highest BCUT2D eigenvalue weighted by Crippen LogP contribution is 2.30. The molecule has 0 fully saturated rings. The topological polar surface area (TPSA) is 46.9 Å². The van der Waals surface area contributed by atoms with E-state index in [1.807, 2.05) is 13.8 Å². The van der Waals surface area contributed by atoms with E-state index < -0.39 is 17.6 Å². The van der Waals surface area contributed by atoms with Crippen LogP contribution < -0.4 is 5.32 Å². The summed E-state index contributed by atoms with van der Waals surface area (Å²) in [7, 11) is 0. The van der Waals surface area contributed by atoms with Gasteiger partial charge < -0.3 is 5.32 Å². The molecular weight excluding hydrogens is 410 g/mol. The summed E-state index contributed by atoms with van der Waals surface area (Å²) < 4.78 is 40.4. The number of nitrogens with one attached hydrogen (secondary N) is 1. The number of benzene rings is 1. The highest BCUT2D eigenvalue weighted by molar-refractivity contribution is 14.1. The molecule has 1 N–H and O–H groups in total. The first-order valence-electron chi connectivity index (χ1n) is 6.35. The van der Waals surface area contributed by atoms with Crippen LogP contribution >= 0.6 is 22.6 Å². The number of aromatic nitrogens is 2. The number of hydrogen-bond donors (Lipinski definition) is 1. The Morgan fingerprint density at radius 3 is 2.59 bits per heavy atom. The van der Waals surface area contributed by atoms with Crippen LogP contribution in [0.5, 0.6) is 0 Å². The van der Waals surface area contributed by atoms with E-state index in [9.17, 15) is 18.0 Å². The summed E-state index contributed by atoms with van der Waals surface area (Å²) in [5.41, 5.74) is 0.962. The van der Waals surface area contributed by atoms with Gasteiger partial charge in [-0.3, -0.25) is 9.48 Å². The van der Waals surface area contributed by atoms with Gasteiger partial charge in [-0.05, 0) is 54.6 Å². The van der Waals surface area contributed by atoms with Gasteiger partial charge in [0.05, 0.1) is 14.8 Å². The molecule has 2 aromatic rings. The molecule has 1 amide bonds. The zero-order valence-corrected chi connectivity index (χ0v) is 14.0. The highest BCUT2D eigenvalue weighted by atomic mass is 127. The maximum absolute atomic E-state index is 12.6. The lowest BCUT2D eigenvalue weighted by Crippen LogP contribution is -2.20. The minimum absolute atomic E-state index is 0.0497. The fourth-order valence-corrected chi connectivity index (χ4v) is 2.33. The third kappa shape index (κ3) is 3.79. The average Bonchev–Trinajstić information content (AvgIpc) is 2.65. The maximum Gasteiger partial charge on any atom is 0.416 e. The van der Waals surface area contributed by atoms with E-state index in [0.717, 1.165) is 27.1 Å². The average molecular weight is 423 g/mol. The van der Waals surface area contributed by atoms with Crippen molar-refractivity contribution in [2.24, 2.45) is 0 Å². The third-order valence-corrected chi connectivity index (χ3v) is 4.62. The summed E-state index contributed by atoms with van der Waals surface area (Å²) in [6.45, 7) is 3.61. The molecule has 0 unspecified atom stereocenters. The molecule has 8 heteroatoms. The fraction of sp³-hybridized carbons (Fsp3) is 0.286. The van der Waals surface area contributed by atoms with Gasteiger partial charge in [-0.1, -0.05) is 6.07 Å². The first-order valence-corrected chi connectivity index (χ1v) is 7.43. The van der Waals surface area contributed by atoms with Crippen LogP contribution in [0.3, 0.4) is 0 Å². The molecule has 2 rings (SSSR count). The summed E-state index contributed by atoms with van der Waals surface area (Å²) in [6, 6.07) is 4.53. The van der Waals surface area contributed by atoms with Gasteiger partial charge in [-0.2, -0.15) is 18.3 Å². The van der Waals surface area contributed by atoms with Gasteiger partial charge in [0.15, 0.2) is 0 Å². The predicted octanol–water partition coefficient (Wildman–Crippen LogP) is 3.76. The number of alkyl halides is 3. The third-order valence-electron chi connectivity index (χ3n) is 3.06. The summed E-state index contributed by atoms with van der Waals surface area (Å²) in [6.07, 6.45) is -4.44. The zero-order valence-electron chi connectivity index (χ0n) is 11.8. The Bertz CT molecular complexity index is 710. The van der Waals surface area contributed by atoms with E-state index in [-0.39, 0.29) is 12.2 Å². The molecule has 1 heterocycles. The molecule has 0 saturated carbocycles. The van der Waals surface area contributed by atoms with Gasteiger partial charge in [-0.15, -0.1) is 0 Å². The van der Waals surface area contributed by atoms with Crippen LogP contribution in [0.25, 0.3) is 0 Å². The van der Waals surface area contributed by atoms with Crippen LogP contribution in [0.4, 0.5) is 18.9 Å². The molecule has 1 aromatic heterocycles. The Kier molecular flexibility index (Phi) is 4.78. The van der Waals surface area contributed by atoms with Crippen LogP contribution in [0.1, 0.15) is 17.0 Å². The Morgan fingerprint density at radius 2 is 2.05 bits per heavy atom. The monoisotopic (exact) mass is 423 g/mol. The van der Waals surface area contributed by atoms with Crippen LogP contribution in [-0.2, 0) is 17.5 Å². The molecule has 22 heavy (non-hydrogen) atoms. The first-order chi connectivity index (χ1) is 10.2. The van der Waals surface area contributed by atoms with Crippen LogP contribution in [0.2, 0.25) is 0 Å². The van der Waals surface area contributed by atoms with Crippen molar-refractivity contribution in [3.05, 3.63) is 44.8 Å². The molecule has 118 valence electrons. The van der Waals surface area contributed by atoms with E-state index in [1.165, 1.54) is 16.8 Å². The molecule has 0 bridgehead atoms. The quantitative estimate of drug-likeness (QED) is 0.765. The van der Waals surface area contributed by atoms with Crippen molar-refractivity contribution in [3.8, 4) is 0 Å². The van der Waals surface area contributed by atoms with Gasteiger partial charge in [0.2, 0.25) is 5.91 Å². The van der Waals surface area contributed by atoms with E-state index in [0.29, 0.717) is 0 Å². The molecule has 0 saturated heterocycles. The minimum atomic E-state index is -4.44. The molecule has 0 aliphatic rings. The number of hydrogen-bond acceptors (Lipinski definition) is 2. The molecular formula is C14H13F3IN3O. The van der Waals surface area contributed by atoms with Crippen LogP contribution in [-0.4, -0.2) is 15.7 Å². The van der Waals surface area contributed by atoms with Crippen molar-refractivity contribution in [1.82, 2.24) is 9.78 Å². The second-order valence-corrected chi connectivity index (χ2v) is 5.85. The number of amides is 1. The van der Waals surface area contributed by atoms with Gasteiger partial charge in [-0.25, -0.2) is 0 Å². The van der Waals surface area contributed by atoms with Gasteiger partial charge in [0, 0.05) is 11.4 Å².